The second kappa shape index (κ2) is 5.13. The molecular weight excluding hydrogens is 240 g/mol. The number of rotatable bonds is 4. The second-order valence-electron chi connectivity index (χ2n) is 3.81. The van der Waals surface area contributed by atoms with E-state index in [9.17, 15) is 9.59 Å². The summed E-state index contributed by atoms with van der Waals surface area (Å²) in [6, 6.07) is -0.750. The van der Waals surface area contributed by atoms with Crippen molar-refractivity contribution in [1.29, 1.82) is 0 Å². The first-order valence-electron chi connectivity index (χ1n) is 5.38. The molecule has 2 rings (SSSR count). The highest BCUT2D eigenvalue weighted by molar-refractivity contribution is 7.09. The van der Waals surface area contributed by atoms with E-state index < -0.39 is 6.04 Å². The Morgan fingerprint density at radius 1 is 1.71 bits per heavy atom. The van der Waals surface area contributed by atoms with Gasteiger partial charge in [0.05, 0.1) is 10.7 Å². The summed E-state index contributed by atoms with van der Waals surface area (Å²) in [5, 5.41) is 10.9. The summed E-state index contributed by atoms with van der Waals surface area (Å²) in [5.74, 6) is -0.157. The van der Waals surface area contributed by atoms with Gasteiger partial charge in [-0.25, -0.2) is 9.78 Å². The lowest BCUT2D eigenvalue weighted by molar-refractivity contribution is -0.122. The maximum Gasteiger partial charge on any atom is 0.315 e. The minimum absolute atomic E-state index is 0.157. The van der Waals surface area contributed by atoms with Gasteiger partial charge in [-0.2, -0.15) is 0 Å². The molecule has 3 amide bonds. The molecule has 2 heterocycles. The van der Waals surface area contributed by atoms with E-state index in [1.165, 1.54) is 0 Å². The Balaban J connectivity index is 1.71. The minimum Gasteiger partial charge on any atom is -0.354 e. The standard InChI is InChI=1S/C10H14N4O2S/c1-6-13-7(5-17-6)2-3-11-9(15)8-4-12-10(16)14-8/h5,8H,2-4H2,1H3,(H,11,15)(H2,12,14,16)/t8-/m0/s1. The molecule has 17 heavy (non-hydrogen) atoms. The predicted molar refractivity (Wildman–Crippen MR) is 63.9 cm³/mol. The van der Waals surface area contributed by atoms with E-state index in [2.05, 4.69) is 20.9 Å². The van der Waals surface area contributed by atoms with Crippen LogP contribution in [0.5, 0.6) is 0 Å². The second-order valence-corrected chi connectivity index (χ2v) is 4.87. The normalized spacial score (nSPS) is 18.6. The maximum atomic E-state index is 11.6. The zero-order chi connectivity index (χ0) is 12.3. The number of carbonyl (C=O) groups excluding carboxylic acids is 2. The smallest absolute Gasteiger partial charge is 0.315 e. The van der Waals surface area contributed by atoms with Crippen molar-refractivity contribution < 1.29 is 9.59 Å². The van der Waals surface area contributed by atoms with Gasteiger partial charge in [0, 0.05) is 24.9 Å². The van der Waals surface area contributed by atoms with Gasteiger partial charge in [-0.05, 0) is 6.92 Å². The van der Waals surface area contributed by atoms with Gasteiger partial charge in [0.15, 0.2) is 0 Å². The van der Waals surface area contributed by atoms with Gasteiger partial charge in [-0.3, -0.25) is 4.79 Å². The number of aryl methyl sites for hydroxylation is 1. The van der Waals surface area contributed by atoms with Gasteiger partial charge in [0.2, 0.25) is 5.91 Å². The van der Waals surface area contributed by atoms with Gasteiger partial charge in [0.1, 0.15) is 6.04 Å². The molecule has 0 aliphatic carbocycles. The molecule has 0 unspecified atom stereocenters. The molecule has 3 N–H and O–H groups in total. The summed E-state index contributed by atoms with van der Waals surface area (Å²) < 4.78 is 0. The highest BCUT2D eigenvalue weighted by Gasteiger charge is 2.26. The van der Waals surface area contributed by atoms with Crippen molar-refractivity contribution in [3.8, 4) is 0 Å². The van der Waals surface area contributed by atoms with E-state index in [-0.39, 0.29) is 11.9 Å². The van der Waals surface area contributed by atoms with Crippen molar-refractivity contribution in [3.63, 3.8) is 0 Å². The van der Waals surface area contributed by atoms with Crippen molar-refractivity contribution in [3.05, 3.63) is 16.1 Å². The largest absolute Gasteiger partial charge is 0.354 e. The maximum absolute atomic E-state index is 11.6. The van der Waals surface area contributed by atoms with Crippen LogP contribution in [0.25, 0.3) is 0 Å². The molecule has 1 aliphatic heterocycles. The molecule has 1 atom stereocenters. The van der Waals surface area contributed by atoms with Gasteiger partial charge in [-0.1, -0.05) is 0 Å². The number of urea groups is 1. The van der Waals surface area contributed by atoms with E-state index in [0.29, 0.717) is 19.5 Å². The van der Waals surface area contributed by atoms with Gasteiger partial charge in [0.25, 0.3) is 0 Å². The topological polar surface area (TPSA) is 83.1 Å². The highest BCUT2D eigenvalue weighted by atomic mass is 32.1. The van der Waals surface area contributed by atoms with Crippen LogP contribution in [0.2, 0.25) is 0 Å². The summed E-state index contributed by atoms with van der Waals surface area (Å²) >= 11 is 1.60. The molecule has 6 nitrogen and oxygen atoms in total. The first-order valence-corrected chi connectivity index (χ1v) is 6.26. The molecule has 1 saturated heterocycles. The summed E-state index contributed by atoms with van der Waals surface area (Å²) in [7, 11) is 0. The predicted octanol–water partition coefficient (Wildman–Crippen LogP) is -0.208. The van der Waals surface area contributed by atoms with Crippen molar-refractivity contribution in [2.75, 3.05) is 13.1 Å². The molecular formula is C10H14N4O2S. The zero-order valence-electron chi connectivity index (χ0n) is 9.45. The van der Waals surface area contributed by atoms with Crippen LogP contribution in [0.4, 0.5) is 4.79 Å². The molecule has 0 spiro atoms. The molecule has 92 valence electrons. The van der Waals surface area contributed by atoms with Crippen molar-refractivity contribution in [1.82, 2.24) is 20.9 Å². The van der Waals surface area contributed by atoms with Crippen LogP contribution in [-0.2, 0) is 11.2 Å². The van der Waals surface area contributed by atoms with Gasteiger partial charge >= 0.3 is 6.03 Å². The molecule has 0 bridgehead atoms. The van der Waals surface area contributed by atoms with Gasteiger partial charge < -0.3 is 16.0 Å². The number of hydrogen-bond donors (Lipinski definition) is 3. The number of aromatic nitrogens is 1. The summed E-state index contributed by atoms with van der Waals surface area (Å²) in [6.07, 6.45) is 0.712. The van der Waals surface area contributed by atoms with E-state index in [1.807, 2.05) is 12.3 Å². The lowest BCUT2D eigenvalue weighted by Gasteiger charge is -2.08. The van der Waals surface area contributed by atoms with Crippen LogP contribution >= 0.6 is 11.3 Å². The molecule has 1 fully saturated rings. The number of nitrogens with one attached hydrogen (secondary N) is 3. The Labute approximate surface area is 103 Å². The van der Waals surface area contributed by atoms with Crippen LogP contribution in [0, 0.1) is 6.92 Å². The van der Waals surface area contributed by atoms with E-state index >= 15 is 0 Å². The van der Waals surface area contributed by atoms with E-state index in [0.717, 1.165) is 10.7 Å². The average Bonchev–Trinajstić information content (AvgIpc) is 2.88. The molecule has 1 aliphatic rings. The minimum atomic E-state index is -0.459. The van der Waals surface area contributed by atoms with E-state index in [4.69, 9.17) is 0 Å². The Hall–Kier alpha value is -1.63. The Morgan fingerprint density at radius 2 is 2.53 bits per heavy atom. The third-order valence-corrected chi connectivity index (χ3v) is 3.26. The van der Waals surface area contributed by atoms with E-state index in [1.54, 1.807) is 11.3 Å². The fourth-order valence-corrected chi connectivity index (χ4v) is 2.22. The Kier molecular flexibility index (Phi) is 3.58. The molecule has 0 aromatic carbocycles. The quantitative estimate of drug-likeness (QED) is 0.695. The average molecular weight is 254 g/mol. The molecule has 1 aromatic heterocycles. The summed E-state index contributed by atoms with van der Waals surface area (Å²) in [5.41, 5.74) is 0.987. The lowest BCUT2D eigenvalue weighted by Crippen LogP contribution is -2.43. The Morgan fingerprint density at radius 3 is 3.12 bits per heavy atom. The zero-order valence-corrected chi connectivity index (χ0v) is 10.3. The van der Waals surface area contributed by atoms with Crippen LogP contribution in [0.1, 0.15) is 10.7 Å². The molecule has 7 heteroatoms. The summed E-state index contributed by atoms with van der Waals surface area (Å²) in [4.78, 5) is 26.8. The van der Waals surface area contributed by atoms with Crippen LogP contribution in [0.3, 0.4) is 0 Å². The van der Waals surface area contributed by atoms with Crippen molar-refractivity contribution in [2.45, 2.75) is 19.4 Å². The van der Waals surface area contributed by atoms with Gasteiger partial charge in [-0.15, -0.1) is 11.3 Å². The number of amides is 3. The fourth-order valence-electron chi connectivity index (χ4n) is 1.57. The van der Waals surface area contributed by atoms with Crippen molar-refractivity contribution in [2.24, 2.45) is 0 Å². The fraction of sp³-hybridized carbons (Fsp3) is 0.500. The SMILES string of the molecule is Cc1nc(CCNC(=O)[C@@H]2CNC(=O)N2)cs1. The first-order chi connectivity index (χ1) is 8.15. The van der Waals surface area contributed by atoms with Crippen LogP contribution in [-0.4, -0.2) is 36.1 Å². The third-order valence-electron chi connectivity index (χ3n) is 2.44. The monoisotopic (exact) mass is 254 g/mol. The number of thiazole rings is 1. The molecule has 0 saturated carbocycles. The summed E-state index contributed by atoms with van der Waals surface area (Å²) in [6.45, 7) is 2.83. The lowest BCUT2D eigenvalue weighted by atomic mass is 10.3. The van der Waals surface area contributed by atoms with Crippen LogP contribution in [0.15, 0.2) is 5.38 Å². The third kappa shape index (κ3) is 3.16. The molecule has 1 aromatic rings. The number of carbonyl (C=O) groups is 2. The molecule has 0 radical (unpaired) electrons. The number of nitrogens with zero attached hydrogens (tertiary/aromatic N) is 1. The number of hydrogen-bond acceptors (Lipinski definition) is 4. The highest BCUT2D eigenvalue weighted by Crippen LogP contribution is 2.07. The Bertz CT molecular complexity index is 432. The van der Waals surface area contributed by atoms with Crippen LogP contribution < -0.4 is 16.0 Å². The van der Waals surface area contributed by atoms with Crippen molar-refractivity contribution >= 4 is 23.3 Å². The first kappa shape index (κ1) is 11.8.